The molecule has 3 heteroatoms. The molecule has 0 atom stereocenters. The summed E-state index contributed by atoms with van der Waals surface area (Å²) in [4.78, 5) is 11.3. The highest BCUT2D eigenvalue weighted by Crippen LogP contribution is 2.30. The summed E-state index contributed by atoms with van der Waals surface area (Å²) in [5.74, 6) is 0. The summed E-state index contributed by atoms with van der Waals surface area (Å²) in [6.45, 7) is 4.76. The number of benzene rings is 2. The van der Waals surface area contributed by atoms with E-state index in [-0.39, 0.29) is 0 Å². The molecule has 0 N–H and O–H groups in total. The molecule has 0 spiro atoms. The largest absolute Gasteiger partial charge is 0.327 e. The van der Waals surface area contributed by atoms with Gasteiger partial charge < -0.3 is 4.57 Å². The second-order valence-electron chi connectivity index (χ2n) is 5.41. The van der Waals surface area contributed by atoms with Crippen LogP contribution in [0.3, 0.4) is 0 Å². The molecule has 0 bridgehead atoms. The Balaban J connectivity index is 2.16. The summed E-state index contributed by atoms with van der Waals surface area (Å²) < 4.78 is 2.00. The topological polar surface area (TPSA) is 22.0 Å². The molecule has 0 unspecified atom stereocenters. The first-order valence-electron chi connectivity index (χ1n) is 6.89. The van der Waals surface area contributed by atoms with Gasteiger partial charge in [-0.1, -0.05) is 53.6 Å². The van der Waals surface area contributed by atoms with Crippen LogP contribution in [0, 0.1) is 13.8 Å². The van der Waals surface area contributed by atoms with Crippen LogP contribution < -0.4 is 0 Å². The molecule has 0 aliphatic rings. The lowest BCUT2D eigenvalue weighted by molar-refractivity contribution is 0.112. The molecular weight excluding hydrogens is 282 g/mol. The van der Waals surface area contributed by atoms with Crippen molar-refractivity contribution in [3.63, 3.8) is 0 Å². The predicted octanol–water partition coefficient (Wildman–Crippen LogP) is 4.77. The van der Waals surface area contributed by atoms with Crippen molar-refractivity contribution in [2.24, 2.45) is 0 Å². The maximum Gasteiger partial charge on any atom is 0.153 e. The Morgan fingerprint density at radius 3 is 2.38 bits per heavy atom. The van der Waals surface area contributed by atoms with Crippen molar-refractivity contribution >= 4 is 28.8 Å². The summed E-state index contributed by atoms with van der Waals surface area (Å²) in [6.07, 6.45) is 0.839. The van der Waals surface area contributed by atoms with E-state index in [1.807, 2.05) is 23.6 Å². The zero-order chi connectivity index (χ0) is 15.0. The van der Waals surface area contributed by atoms with Gasteiger partial charge in [-0.15, -0.1) is 0 Å². The monoisotopic (exact) mass is 297 g/mol. The zero-order valence-electron chi connectivity index (χ0n) is 12.1. The molecule has 0 saturated carbocycles. The van der Waals surface area contributed by atoms with Crippen LogP contribution in [-0.2, 0) is 6.54 Å². The molecule has 106 valence electrons. The number of carbonyl (C=O) groups is 1. The summed E-state index contributed by atoms with van der Waals surface area (Å²) in [5.41, 5.74) is 5.12. The SMILES string of the molecule is Cc1ccc(Cn2c(Cl)c(C=O)c3ccc(C)cc32)cc1. The maximum atomic E-state index is 11.3. The Labute approximate surface area is 129 Å². The molecule has 0 amide bonds. The zero-order valence-corrected chi connectivity index (χ0v) is 12.8. The van der Waals surface area contributed by atoms with Crippen molar-refractivity contribution < 1.29 is 4.79 Å². The molecule has 1 heterocycles. The Morgan fingerprint density at radius 2 is 1.71 bits per heavy atom. The van der Waals surface area contributed by atoms with Gasteiger partial charge in [-0.3, -0.25) is 4.79 Å². The number of aromatic nitrogens is 1. The van der Waals surface area contributed by atoms with E-state index in [4.69, 9.17) is 11.6 Å². The first-order valence-corrected chi connectivity index (χ1v) is 7.27. The fourth-order valence-electron chi connectivity index (χ4n) is 2.60. The lowest BCUT2D eigenvalue weighted by Crippen LogP contribution is -2.00. The highest BCUT2D eigenvalue weighted by molar-refractivity contribution is 6.34. The van der Waals surface area contributed by atoms with E-state index in [9.17, 15) is 4.79 Å². The molecule has 0 aliphatic heterocycles. The molecule has 0 aliphatic carbocycles. The van der Waals surface area contributed by atoms with Gasteiger partial charge in [-0.25, -0.2) is 0 Å². The molecule has 21 heavy (non-hydrogen) atoms. The summed E-state index contributed by atoms with van der Waals surface area (Å²) in [5, 5.41) is 1.42. The van der Waals surface area contributed by atoms with Gasteiger partial charge in [0.15, 0.2) is 6.29 Å². The summed E-state index contributed by atoms with van der Waals surface area (Å²) in [7, 11) is 0. The van der Waals surface area contributed by atoms with Gasteiger partial charge in [0.25, 0.3) is 0 Å². The molecule has 3 aromatic rings. The van der Waals surface area contributed by atoms with Crippen LogP contribution in [0.15, 0.2) is 42.5 Å². The van der Waals surface area contributed by atoms with E-state index in [1.54, 1.807) is 0 Å². The van der Waals surface area contributed by atoms with Crippen LogP contribution in [0.2, 0.25) is 5.15 Å². The van der Waals surface area contributed by atoms with E-state index >= 15 is 0 Å². The first-order chi connectivity index (χ1) is 10.1. The molecule has 2 aromatic carbocycles. The molecule has 2 nitrogen and oxygen atoms in total. The van der Waals surface area contributed by atoms with Gasteiger partial charge in [0.1, 0.15) is 5.15 Å². The molecule has 0 saturated heterocycles. The third-order valence-corrected chi connectivity index (χ3v) is 4.18. The lowest BCUT2D eigenvalue weighted by Gasteiger charge is -2.08. The Bertz CT molecular complexity index is 815. The number of nitrogens with zero attached hydrogens (tertiary/aromatic N) is 1. The van der Waals surface area contributed by atoms with E-state index in [2.05, 4.69) is 37.3 Å². The van der Waals surface area contributed by atoms with Crippen molar-refractivity contribution in [1.29, 1.82) is 0 Å². The second kappa shape index (κ2) is 5.38. The number of hydrogen-bond donors (Lipinski definition) is 0. The molecular formula is C18H16ClNO. The fourth-order valence-corrected chi connectivity index (χ4v) is 2.89. The quantitative estimate of drug-likeness (QED) is 0.638. The van der Waals surface area contributed by atoms with Gasteiger partial charge >= 0.3 is 0 Å². The number of halogens is 1. The van der Waals surface area contributed by atoms with E-state index in [1.165, 1.54) is 11.1 Å². The van der Waals surface area contributed by atoms with Crippen LogP contribution >= 0.6 is 11.6 Å². The third-order valence-electron chi connectivity index (χ3n) is 3.77. The van der Waals surface area contributed by atoms with Crippen molar-refractivity contribution in [3.05, 3.63) is 69.9 Å². The lowest BCUT2D eigenvalue weighted by atomic mass is 10.1. The first kappa shape index (κ1) is 13.9. The molecule has 0 radical (unpaired) electrons. The van der Waals surface area contributed by atoms with Gasteiger partial charge in [0.05, 0.1) is 11.1 Å². The number of rotatable bonds is 3. The van der Waals surface area contributed by atoms with Gasteiger partial charge in [0, 0.05) is 11.9 Å². The predicted molar refractivity (Wildman–Crippen MR) is 87.4 cm³/mol. The van der Waals surface area contributed by atoms with E-state index in [0.29, 0.717) is 17.3 Å². The maximum absolute atomic E-state index is 11.3. The number of carbonyl (C=O) groups excluding carboxylic acids is 1. The minimum atomic E-state index is 0.506. The smallest absolute Gasteiger partial charge is 0.153 e. The molecule has 0 fully saturated rings. The van der Waals surface area contributed by atoms with Crippen LogP contribution in [0.5, 0.6) is 0 Å². The average molecular weight is 298 g/mol. The summed E-state index contributed by atoms with van der Waals surface area (Å²) >= 11 is 6.42. The van der Waals surface area contributed by atoms with Crippen molar-refractivity contribution in [1.82, 2.24) is 4.57 Å². The average Bonchev–Trinajstić information content (AvgIpc) is 2.73. The summed E-state index contributed by atoms with van der Waals surface area (Å²) in [6, 6.07) is 14.4. The Kier molecular flexibility index (Phi) is 3.56. The standard InChI is InChI=1S/C18H16ClNO/c1-12-3-6-14(7-4-12)10-20-17-9-13(2)5-8-15(17)16(11-21)18(20)19/h3-9,11H,10H2,1-2H3. The van der Waals surface area contributed by atoms with Gasteiger partial charge in [-0.05, 0) is 31.0 Å². The number of aryl methyl sites for hydroxylation is 2. The van der Waals surface area contributed by atoms with Crippen LogP contribution in [-0.4, -0.2) is 10.9 Å². The second-order valence-corrected chi connectivity index (χ2v) is 5.77. The Hall–Kier alpha value is -2.06. The fraction of sp³-hybridized carbons (Fsp3) is 0.167. The van der Waals surface area contributed by atoms with Crippen molar-refractivity contribution in [3.8, 4) is 0 Å². The highest BCUT2D eigenvalue weighted by Gasteiger charge is 2.15. The van der Waals surface area contributed by atoms with Crippen LogP contribution in [0.1, 0.15) is 27.0 Å². The van der Waals surface area contributed by atoms with Crippen LogP contribution in [0.4, 0.5) is 0 Å². The van der Waals surface area contributed by atoms with Crippen molar-refractivity contribution in [2.75, 3.05) is 0 Å². The number of aldehydes is 1. The third kappa shape index (κ3) is 2.47. The number of fused-ring (bicyclic) bond motifs is 1. The molecule has 1 aromatic heterocycles. The van der Waals surface area contributed by atoms with Crippen molar-refractivity contribution in [2.45, 2.75) is 20.4 Å². The van der Waals surface area contributed by atoms with Crippen LogP contribution in [0.25, 0.3) is 10.9 Å². The molecule has 3 rings (SSSR count). The normalized spacial score (nSPS) is 11.0. The van der Waals surface area contributed by atoms with E-state index < -0.39 is 0 Å². The minimum Gasteiger partial charge on any atom is -0.327 e. The van der Waals surface area contributed by atoms with Gasteiger partial charge in [-0.2, -0.15) is 0 Å². The Morgan fingerprint density at radius 1 is 1.05 bits per heavy atom. The number of hydrogen-bond acceptors (Lipinski definition) is 1. The van der Waals surface area contributed by atoms with Gasteiger partial charge in [0.2, 0.25) is 0 Å². The highest BCUT2D eigenvalue weighted by atomic mass is 35.5. The van der Waals surface area contributed by atoms with E-state index in [0.717, 1.165) is 22.8 Å². The minimum absolute atomic E-state index is 0.506.